The van der Waals surface area contributed by atoms with E-state index in [0.717, 1.165) is 38.8 Å². The molecule has 0 saturated carbocycles. The van der Waals surface area contributed by atoms with Crippen LogP contribution in [0.25, 0.3) is 33.3 Å². The number of rotatable bonds is 4. The highest BCUT2D eigenvalue weighted by molar-refractivity contribution is 5.87. The van der Waals surface area contributed by atoms with Crippen molar-refractivity contribution < 1.29 is 4.39 Å². The van der Waals surface area contributed by atoms with E-state index >= 15 is 0 Å². The van der Waals surface area contributed by atoms with Gasteiger partial charge in [0.2, 0.25) is 0 Å². The summed E-state index contributed by atoms with van der Waals surface area (Å²) in [5, 5.41) is 4.51. The first kappa shape index (κ1) is 18.2. The molecule has 0 radical (unpaired) electrons. The van der Waals surface area contributed by atoms with E-state index in [1.165, 1.54) is 18.5 Å². The van der Waals surface area contributed by atoms with Gasteiger partial charge >= 0.3 is 0 Å². The van der Waals surface area contributed by atoms with E-state index in [1.54, 1.807) is 12.4 Å². The lowest BCUT2D eigenvalue weighted by Gasteiger charge is -2.20. The molecule has 1 atom stereocenters. The van der Waals surface area contributed by atoms with Gasteiger partial charge in [0.25, 0.3) is 0 Å². The third kappa shape index (κ3) is 3.14. The smallest absolute Gasteiger partial charge is 0.182 e. The standard InChI is InChI=1S/C23H19FN6/c1-13-5-3-8-19-17(13)10-18(20(30-19)15-6-4-7-16(24)9-15)14(2)29-23-21-22(26-11-25-21)27-12-28-23/h3-12,14H,1-2H3,(H2,25,26,27,28,29)/t14-/m0/s1. The summed E-state index contributed by atoms with van der Waals surface area (Å²) in [6.07, 6.45) is 3.07. The summed E-state index contributed by atoms with van der Waals surface area (Å²) in [7, 11) is 0. The van der Waals surface area contributed by atoms with E-state index in [9.17, 15) is 4.39 Å². The quantitative estimate of drug-likeness (QED) is 0.436. The number of imidazole rings is 1. The summed E-state index contributed by atoms with van der Waals surface area (Å²) in [4.78, 5) is 20.7. The van der Waals surface area contributed by atoms with E-state index in [2.05, 4.69) is 44.3 Å². The number of anilines is 1. The van der Waals surface area contributed by atoms with Crippen LogP contribution >= 0.6 is 0 Å². The molecule has 0 amide bonds. The summed E-state index contributed by atoms with van der Waals surface area (Å²) in [6.45, 7) is 4.10. The average Bonchev–Trinajstić information content (AvgIpc) is 3.23. The van der Waals surface area contributed by atoms with Crippen LogP contribution in [-0.4, -0.2) is 24.9 Å². The number of hydrogen-bond acceptors (Lipinski definition) is 5. The minimum Gasteiger partial charge on any atom is -0.362 e. The molecule has 3 heterocycles. The van der Waals surface area contributed by atoms with Crippen LogP contribution in [0.5, 0.6) is 0 Å². The fraction of sp³-hybridized carbons (Fsp3) is 0.130. The number of pyridine rings is 1. The Hall–Kier alpha value is -3.87. The van der Waals surface area contributed by atoms with Gasteiger partial charge in [-0.25, -0.2) is 24.3 Å². The predicted molar refractivity (Wildman–Crippen MR) is 116 cm³/mol. The molecular formula is C23H19FN6. The van der Waals surface area contributed by atoms with E-state index in [1.807, 2.05) is 25.1 Å². The lowest BCUT2D eigenvalue weighted by atomic mass is 9.97. The topological polar surface area (TPSA) is 79.4 Å². The Bertz CT molecular complexity index is 1380. The minimum atomic E-state index is -0.292. The molecule has 0 unspecified atom stereocenters. The van der Waals surface area contributed by atoms with E-state index < -0.39 is 0 Å². The van der Waals surface area contributed by atoms with Crippen molar-refractivity contribution in [3.63, 3.8) is 0 Å². The molecule has 3 aromatic heterocycles. The van der Waals surface area contributed by atoms with Crippen LogP contribution in [0.2, 0.25) is 0 Å². The maximum Gasteiger partial charge on any atom is 0.182 e. The van der Waals surface area contributed by atoms with Gasteiger partial charge in [0.1, 0.15) is 17.7 Å². The van der Waals surface area contributed by atoms with Crippen LogP contribution < -0.4 is 5.32 Å². The number of aryl methyl sites for hydroxylation is 1. The van der Waals surface area contributed by atoms with Gasteiger partial charge in [0.05, 0.1) is 23.6 Å². The first-order valence-electron chi connectivity index (χ1n) is 9.67. The number of aromatic amines is 1. The SMILES string of the molecule is Cc1cccc2nc(-c3cccc(F)c3)c([C@H](C)Nc3ncnc4nc[nH]c34)cc12. The number of benzene rings is 2. The highest BCUT2D eigenvalue weighted by Gasteiger charge is 2.18. The number of aromatic nitrogens is 5. The number of nitrogens with one attached hydrogen (secondary N) is 2. The van der Waals surface area contributed by atoms with Gasteiger partial charge in [0.15, 0.2) is 11.5 Å². The van der Waals surface area contributed by atoms with Crippen molar-refractivity contribution >= 4 is 27.9 Å². The summed E-state index contributed by atoms with van der Waals surface area (Å²) < 4.78 is 14.0. The predicted octanol–water partition coefficient (Wildman–Crippen LogP) is 5.19. The summed E-state index contributed by atoms with van der Waals surface area (Å²) in [6, 6.07) is 14.5. The molecule has 6 nitrogen and oxygen atoms in total. The molecule has 0 aliphatic carbocycles. The van der Waals surface area contributed by atoms with Crippen molar-refractivity contribution in [3.8, 4) is 11.3 Å². The second-order valence-corrected chi connectivity index (χ2v) is 7.27. The second-order valence-electron chi connectivity index (χ2n) is 7.27. The Morgan fingerprint density at radius 2 is 1.90 bits per heavy atom. The molecule has 7 heteroatoms. The van der Waals surface area contributed by atoms with Crippen LogP contribution in [0.4, 0.5) is 10.2 Å². The zero-order valence-electron chi connectivity index (χ0n) is 16.5. The largest absolute Gasteiger partial charge is 0.362 e. The maximum atomic E-state index is 14.0. The van der Waals surface area contributed by atoms with Gasteiger partial charge in [-0.3, -0.25) is 0 Å². The fourth-order valence-electron chi connectivity index (χ4n) is 3.71. The monoisotopic (exact) mass is 398 g/mol. The number of H-pyrrole nitrogens is 1. The van der Waals surface area contributed by atoms with E-state index in [0.29, 0.717) is 11.5 Å². The van der Waals surface area contributed by atoms with Gasteiger partial charge in [-0.2, -0.15) is 0 Å². The van der Waals surface area contributed by atoms with Crippen LogP contribution in [0.1, 0.15) is 24.1 Å². The molecular weight excluding hydrogens is 379 g/mol. The maximum absolute atomic E-state index is 14.0. The molecule has 5 aromatic rings. The third-order valence-corrected chi connectivity index (χ3v) is 5.25. The minimum absolute atomic E-state index is 0.152. The Balaban J connectivity index is 1.67. The van der Waals surface area contributed by atoms with Crippen molar-refractivity contribution in [2.45, 2.75) is 19.9 Å². The fourth-order valence-corrected chi connectivity index (χ4v) is 3.71. The van der Waals surface area contributed by atoms with Gasteiger partial charge < -0.3 is 10.3 Å². The van der Waals surface area contributed by atoms with Gasteiger partial charge in [-0.15, -0.1) is 0 Å². The Labute approximate surface area is 172 Å². The van der Waals surface area contributed by atoms with E-state index in [-0.39, 0.29) is 11.9 Å². The van der Waals surface area contributed by atoms with Gasteiger partial charge in [-0.1, -0.05) is 24.3 Å². The Kier molecular flexibility index (Phi) is 4.35. The van der Waals surface area contributed by atoms with Crippen molar-refractivity contribution in [2.24, 2.45) is 0 Å². The molecule has 2 N–H and O–H groups in total. The molecule has 5 rings (SSSR count). The van der Waals surface area contributed by atoms with Crippen LogP contribution in [0.3, 0.4) is 0 Å². The molecule has 0 saturated heterocycles. The number of nitrogens with zero attached hydrogens (tertiary/aromatic N) is 4. The van der Waals surface area contributed by atoms with Crippen LogP contribution in [0.15, 0.2) is 61.2 Å². The van der Waals surface area contributed by atoms with Crippen molar-refractivity contribution in [2.75, 3.05) is 5.32 Å². The number of fused-ring (bicyclic) bond motifs is 2. The first-order valence-corrected chi connectivity index (χ1v) is 9.67. The highest BCUT2D eigenvalue weighted by Crippen LogP contribution is 2.33. The van der Waals surface area contributed by atoms with Crippen LogP contribution in [0, 0.1) is 12.7 Å². The Morgan fingerprint density at radius 1 is 1.03 bits per heavy atom. The lowest BCUT2D eigenvalue weighted by Crippen LogP contribution is -2.11. The van der Waals surface area contributed by atoms with Gasteiger partial charge in [-0.05, 0) is 43.7 Å². The molecule has 0 spiro atoms. The summed E-state index contributed by atoms with van der Waals surface area (Å²) in [5.74, 6) is 0.361. The summed E-state index contributed by atoms with van der Waals surface area (Å²) in [5.41, 5.74) is 5.77. The van der Waals surface area contributed by atoms with Gasteiger partial charge in [0, 0.05) is 16.5 Å². The third-order valence-electron chi connectivity index (χ3n) is 5.25. The van der Waals surface area contributed by atoms with Crippen molar-refractivity contribution in [3.05, 3.63) is 78.1 Å². The first-order chi connectivity index (χ1) is 14.6. The molecule has 2 aromatic carbocycles. The lowest BCUT2D eigenvalue weighted by molar-refractivity contribution is 0.628. The van der Waals surface area contributed by atoms with Crippen molar-refractivity contribution in [1.82, 2.24) is 24.9 Å². The molecule has 0 fully saturated rings. The zero-order chi connectivity index (χ0) is 20.7. The zero-order valence-corrected chi connectivity index (χ0v) is 16.5. The molecule has 0 aliphatic rings. The molecule has 0 bridgehead atoms. The number of hydrogen-bond donors (Lipinski definition) is 2. The molecule has 0 aliphatic heterocycles. The van der Waals surface area contributed by atoms with Crippen LogP contribution in [-0.2, 0) is 0 Å². The van der Waals surface area contributed by atoms with E-state index in [4.69, 9.17) is 4.98 Å². The second kappa shape index (κ2) is 7.18. The average molecular weight is 398 g/mol. The molecule has 148 valence electrons. The Morgan fingerprint density at radius 3 is 2.77 bits per heavy atom. The number of halogens is 1. The van der Waals surface area contributed by atoms with Crippen molar-refractivity contribution in [1.29, 1.82) is 0 Å². The highest BCUT2D eigenvalue weighted by atomic mass is 19.1. The normalized spacial score (nSPS) is 12.4. The molecule has 30 heavy (non-hydrogen) atoms. The summed E-state index contributed by atoms with van der Waals surface area (Å²) >= 11 is 0.